The molecule has 0 heterocycles. The van der Waals surface area contributed by atoms with Gasteiger partial charge in [-0.2, -0.15) is 0 Å². The normalized spacial score (nSPS) is 27.3. The van der Waals surface area contributed by atoms with E-state index in [1.165, 1.54) is 12.8 Å². The van der Waals surface area contributed by atoms with Crippen molar-refractivity contribution in [2.45, 2.75) is 64.8 Å². The van der Waals surface area contributed by atoms with Gasteiger partial charge in [0.15, 0.2) is 8.32 Å². The number of hydrogen-bond acceptors (Lipinski definition) is 1. The second kappa shape index (κ2) is 4.42. The van der Waals surface area contributed by atoms with Gasteiger partial charge in [-0.25, -0.2) is 0 Å². The molecule has 15 heavy (non-hydrogen) atoms. The predicted octanol–water partition coefficient (Wildman–Crippen LogP) is 4.36. The Morgan fingerprint density at radius 3 is 2.27 bits per heavy atom. The van der Waals surface area contributed by atoms with Crippen molar-refractivity contribution in [3.63, 3.8) is 0 Å². The van der Waals surface area contributed by atoms with Gasteiger partial charge in [0, 0.05) is 0 Å². The second-order valence-electron chi connectivity index (χ2n) is 6.21. The lowest BCUT2D eigenvalue weighted by Gasteiger charge is -2.38. The van der Waals surface area contributed by atoms with Crippen LogP contribution >= 0.6 is 0 Å². The lowest BCUT2D eigenvalue weighted by molar-refractivity contribution is 0.212. The van der Waals surface area contributed by atoms with Gasteiger partial charge in [-0.05, 0) is 36.9 Å². The van der Waals surface area contributed by atoms with Crippen LogP contribution < -0.4 is 0 Å². The number of rotatable bonds is 3. The van der Waals surface area contributed by atoms with Crippen LogP contribution in [0.4, 0.5) is 0 Å². The van der Waals surface area contributed by atoms with Crippen LogP contribution in [0.2, 0.25) is 18.1 Å². The molecule has 1 unspecified atom stereocenters. The highest BCUT2D eigenvalue weighted by Gasteiger charge is 2.39. The van der Waals surface area contributed by atoms with Gasteiger partial charge in [0.2, 0.25) is 0 Å². The van der Waals surface area contributed by atoms with Crippen molar-refractivity contribution in [1.82, 2.24) is 0 Å². The Kier molecular flexibility index (Phi) is 3.83. The minimum absolute atomic E-state index is 0.325. The topological polar surface area (TPSA) is 9.23 Å². The molecule has 2 atom stereocenters. The number of hydrogen-bond donors (Lipinski definition) is 0. The van der Waals surface area contributed by atoms with Gasteiger partial charge in [-0.3, -0.25) is 0 Å². The fraction of sp³-hybridized carbons (Fsp3) is 0.846. The first kappa shape index (κ1) is 13.0. The zero-order valence-corrected chi connectivity index (χ0v) is 12.1. The molecule has 0 fully saturated rings. The molecular formula is C13H26OSi. The Balaban J connectivity index is 2.54. The number of allylic oxidation sites excluding steroid dienone is 1. The fourth-order valence-electron chi connectivity index (χ4n) is 1.68. The first-order chi connectivity index (χ1) is 6.76. The largest absolute Gasteiger partial charge is 0.411 e. The zero-order valence-electron chi connectivity index (χ0n) is 11.1. The SMILES string of the molecule is CC[C@H]1C=CC(O[Si](C)(C)C(C)(C)C)C1. The summed E-state index contributed by atoms with van der Waals surface area (Å²) < 4.78 is 6.35. The fourth-order valence-corrected chi connectivity index (χ4v) is 2.97. The first-order valence-electron chi connectivity index (χ1n) is 6.12. The van der Waals surface area contributed by atoms with Gasteiger partial charge in [-0.1, -0.05) is 39.8 Å². The monoisotopic (exact) mass is 226 g/mol. The van der Waals surface area contributed by atoms with Crippen molar-refractivity contribution < 1.29 is 4.43 Å². The third-order valence-corrected chi connectivity index (χ3v) is 8.41. The van der Waals surface area contributed by atoms with Gasteiger partial charge in [0.1, 0.15) is 0 Å². The van der Waals surface area contributed by atoms with Crippen molar-refractivity contribution in [2.75, 3.05) is 0 Å². The van der Waals surface area contributed by atoms with E-state index in [1.54, 1.807) is 0 Å². The molecule has 0 aliphatic heterocycles. The molecule has 0 N–H and O–H groups in total. The predicted molar refractivity (Wildman–Crippen MR) is 69.6 cm³/mol. The maximum Gasteiger partial charge on any atom is 0.192 e. The summed E-state index contributed by atoms with van der Waals surface area (Å²) in [6, 6.07) is 0. The van der Waals surface area contributed by atoms with Crippen LogP contribution in [0.5, 0.6) is 0 Å². The molecule has 0 bridgehead atoms. The molecule has 0 radical (unpaired) electrons. The van der Waals surface area contributed by atoms with E-state index in [2.05, 4.69) is 52.9 Å². The van der Waals surface area contributed by atoms with E-state index in [1.807, 2.05) is 0 Å². The van der Waals surface area contributed by atoms with Crippen LogP contribution in [-0.4, -0.2) is 14.4 Å². The standard InChI is InChI=1S/C13H26OSi/c1-7-11-8-9-12(10-11)14-15(5,6)13(2,3)4/h8-9,11-12H,7,10H2,1-6H3/t11-,12?/m0/s1. The highest BCUT2D eigenvalue weighted by molar-refractivity contribution is 6.74. The summed E-state index contributed by atoms with van der Waals surface area (Å²) >= 11 is 0. The maximum absolute atomic E-state index is 6.35. The first-order valence-corrected chi connectivity index (χ1v) is 9.03. The minimum atomic E-state index is -1.56. The van der Waals surface area contributed by atoms with E-state index in [0.717, 1.165) is 5.92 Å². The van der Waals surface area contributed by atoms with Crippen LogP contribution in [0.3, 0.4) is 0 Å². The summed E-state index contributed by atoms with van der Waals surface area (Å²) in [5, 5.41) is 0.325. The average molecular weight is 226 g/mol. The zero-order chi connectivity index (χ0) is 11.7. The molecule has 1 aliphatic rings. The highest BCUT2D eigenvalue weighted by Crippen LogP contribution is 2.39. The molecule has 0 spiro atoms. The van der Waals surface area contributed by atoms with Crippen LogP contribution in [0.15, 0.2) is 12.2 Å². The third kappa shape index (κ3) is 3.18. The van der Waals surface area contributed by atoms with Crippen molar-refractivity contribution in [1.29, 1.82) is 0 Å². The molecule has 0 aromatic heterocycles. The molecule has 1 nitrogen and oxygen atoms in total. The summed E-state index contributed by atoms with van der Waals surface area (Å²) in [5.41, 5.74) is 0. The molecule has 0 saturated carbocycles. The molecule has 88 valence electrons. The quantitative estimate of drug-likeness (QED) is 0.513. The third-order valence-electron chi connectivity index (χ3n) is 3.91. The molecule has 0 amide bonds. The summed E-state index contributed by atoms with van der Waals surface area (Å²) in [4.78, 5) is 0. The Bertz CT molecular complexity index is 237. The molecule has 2 heteroatoms. The van der Waals surface area contributed by atoms with Crippen molar-refractivity contribution in [3.05, 3.63) is 12.2 Å². The summed E-state index contributed by atoms with van der Waals surface area (Å²) in [7, 11) is -1.56. The summed E-state index contributed by atoms with van der Waals surface area (Å²) in [5.74, 6) is 0.750. The van der Waals surface area contributed by atoms with Gasteiger partial charge in [0.05, 0.1) is 6.10 Å². The van der Waals surface area contributed by atoms with Crippen molar-refractivity contribution in [2.24, 2.45) is 5.92 Å². The maximum atomic E-state index is 6.35. The Morgan fingerprint density at radius 1 is 1.27 bits per heavy atom. The van der Waals surface area contributed by atoms with Crippen molar-refractivity contribution in [3.8, 4) is 0 Å². The van der Waals surface area contributed by atoms with E-state index >= 15 is 0 Å². The van der Waals surface area contributed by atoms with Crippen LogP contribution in [0.1, 0.15) is 40.5 Å². The summed E-state index contributed by atoms with van der Waals surface area (Å²) in [6.07, 6.45) is 7.43. The Labute approximate surface area is 96.0 Å². The average Bonchev–Trinajstić information content (AvgIpc) is 2.49. The summed E-state index contributed by atoms with van der Waals surface area (Å²) in [6.45, 7) is 13.8. The Hall–Kier alpha value is -0.0831. The van der Waals surface area contributed by atoms with Gasteiger partial charge in [-0.15, -0.1) is 0 Å². The van der Waals surface area contributed by atoms with Crippen LogP contribution in [0, 0.1) is 5.92 Å². The minimum Gasteiger partial charge on any atom is -0.411 e. The van der Waals surface area contributed by atoms with E-state index in [0.29, 0.717) is 11.1 Å². The van der Waals surface area contributed by atoms with Crippen LogP contribution in [-0.2, 0) is 4.43 Å². The molecule has 0 aromatic carbocycles. The molecular weight excluding hydrogens is 200 g/mol. The second-order valence-corrected chi connectivity index (χ2v) is 11.0. The molecule has 0 aromatic rings. The smallest absolute Gasteiger partial charge is 0.192 e. The lowest BCUT2D eigenvalue weighted by atomic mass is 10.1. The molecule has 1 aliphatic carbocycles. The molecule has 1 rings (SSSR count). The van der Waals surface area contributed by atoms with Crippen LogP contribution in [0.25, 0.3) is 0 Å². The van der Waals surface area contributed by atoms with Crippen molar-refractivity contribution >= 4 is 8.32 Å². The Morgan fingerprint density at radius 2 is 1.87 bits per heavy atom. The van der Waals surface area contributed by atoms with E-state index in [-0.39, 0.29) is 0 Å². The highest BCUT2D eigenvalue weighted by atomic mass is 28.4. The van der Waals surface area contributed by atoms with E-state index < -0.39 is 8.32 Å². The van der Waals surface area contributed by atoms with E-state index in [9.17, 15) is 0 Å². The van der Waals surface area contributed by atoms with Gasteiger partial charge < -0.3 is 4.43 Å². The van der Waals surface area contributed by atoms with Gasteiger partial charge >= 0.3 is 0 Å². The van der Waals surface area contributed by atoms with Gasteiger partial charge in [0.25, 0.3) is 0 Å². The molecule has 0 saturated heterocycles. The lowest BCUT2D eigenvalue weighted by Crippen LogP contribution is -2.43. The van der Waals surface area contributed by atoms with E-state index in [4.69, 9.17) is 4.43 Å².